The molecule has 2 atom stereocenters. The highest BCUT2D eigenvalue weighted by molar-refractivity contribution is 9.10. The first-order valence-electron chi connectivity index (χ1n) is 8.05. The van der Waals surface area contributed by atoms with Crippen molar-refractivity contribution < 1.29 is 19.5 Å². The normalized spacial score (nSPS) is 23.5. The molecule has 6 nitrogen and oxygen atoms in total. The summed E-state index contributed by atoms with van der Waals surface area (Å²) in [5.41, 5.74) is 0.558. The smallest absolute Gasteiger partial charge is 0.308 e. The van der Waals surface area contributed by atoms with Crippen LogP contribution in [0.3, 0.4) is 0 Å². The zero-order valence-electron chi connectivity index (χ0n) is 13.2. The molecule has 0 aromatic heterocycles. The van der Waals surface area contributed by atoms with Crippen LogP contribution >= 0.6 is 15.9 Å². The Morgan fingerprint density at radius 2 is 1.79 bits per heavy atom. The lowest BCUT2D eigenvalue weighted by atomic mass is 10.1. The lowest BCUT2D eigenvalue weighted by Gasteiger charge is -2.28. The predicted octanol–water partition coefficient (Wildman–Crippen LogP) is 1.99. The molecule has 2 aliphatic rings. The van der Waals surface area contributed by atoms with Crippen LogP contribution in [0.1, 0.15) is 29.6 Å². The summed E-state index contributed by atoms with van der Waals surface area (Å²) in [6, 6.07) is 6.61. The molecule has 0 saturated carbocycles. The second-order valence-electron chi connectivity index (χ2n) is 6.27. The highest BCUT2D eigenvalue weighted by atomic mass is 79.9. The minimum absolute atomic E-state index is 0.123. The lowest BCUT2D eigenvalue weighted by Crippen LogP contribution is -2.47. The fourth-order valence-electron chi connectivity index (χ4n) is 3.40. The number of nitrogens with zero attached hydrogens (tertiary/aromatic N) is 2. The molecule has 2 unspecified atom stereocenters. The van der Waals surface area contributed by atoms with Crippen molar-refractivity contribution in [3.8, 4) is 0 Å². The van der Waals surface area contributed by atoms with E-state index < -0.39 is 17.9 Å². The van der Waals surface area contributed by atoms with Crippen molar-refractivity contribution in [1.82, 2.24) is 9.80 Å². The molecule has 7 heteroatoms. The van der Waals surface area contributed by atoms with Crippen LogP contribution in [0.4, 0.5) is 0 Å². The summed E-state index contributed by atoms with van der Waals surface area (Å²) in [4.78, 5) is 39.7. The Hall–Kier alpha value is -1.89. The topological polar surface area (TPSA) is 77.9 Å². The Bertz CT molecular complexity index is 661. The molecule has 1 N–H and O–H groups in total. The van der Waals surface area contributed by atoms with Gasteiger partial charge in [-0.25, -0.2) is 0 Å². The van der Waals surface area contributed by atoms with Gasteiger partial charge in [-0.05, 0) is 43.5 Å². The molecular formula is C17H19BrN2O4. The second-order valence-corrected chi connectivity index (χ2v) is 7.19. The Balaban J connectivity index is 1.71. The van der Waals surface area contributed by atoms with Crippen LogP contribution in [0.5, 0.6) is 0 Å². The summed E-state index contributed by atoms with van der Waals surface area (Å²) in [5, 5.41) is 9.08. The summed E-state index contributed by atoms with van der Waals surface area (Å²) in [7, 11) is 0. The van der Waals surface area contributed by atoms with Crippen molar-refractivity contribution in [2.75, 3.05) is 19.6 Å². The number of aliphatic carboxylic acids is 1. The molecule has 1 aromatic carbocycles. The van der Waals surface area contributed by atoms with Crippen LogP contribution in [0.2, 0.25) is 0 Å². The van der Waals surface area contributed by atoms with Gasteiger partial charge in [0.25, 0.3) is 5.91 Å². The van der Waals surface area contributed by atoms with E-state index in [1.54, 1.807) is 34.1 Å². The van der Waals surface area contributed by atoms with Gasteiger partial charge in [0.2, 0.25) is 5.91 Å². The number of halogens is 1. The minimum atomic E-state index is -0.862. The quantitative estimate of drug-likeness (QED) is 0.849. The van der Waals surface area contributed by atoms with Crippen molar-refractivity contribution in [2.24, 2.45) is 5.92 Å². The van der Waals surface area contributed by atoms with E-state index in [9.17, 15) is 14.4 Å². The summed E-state index contributed by atoms with van der Waals surface area (Å²) < 4.78 is 0.893. The Morgan fingerprint density at radius 1 is 1.08 bits per heavy atom. The van der Waals surface area contributed by atoms with Crippen LogP contribution in [-0.4, -0.2) is 58.4 Å². The summed E-state index contributed by atoms with van der Waals surface area (Å²) in [5.74, 6) is -1.63. The molecule has 3 rings (SSSR count). The van der Waals surface area contributed by atoms with Crippen LogP contribution in [0.15, 0.2) is 28.7 Å². The van der Waals surface area contributed by atoms with Gasteiger partial charge in [-0.2, -0.15) is 0 Å². The first kappa shape index (κ1) is 17.0. The molecule has 2 fully saturated rings. The Labute approximate surface area is 148 Å². The van der Waals surface area contributed by atoms with Gasteiger partial charge >= 0.3 is 5.97 Å². The van der Waals surface area contributed by atoms with Gasteiger partial charge in [-0.3, -0.25) is 14.4 Å². The van der Waals surface area contributed by atoms with Gasteiger partial charge in [0.15, 0.2) is 0 Å². The third-order valence-electron chi connectivity index (χ3n) is 4.74. The fraction of sp³-hybridized carbons (Fsp3) is 0.471. The van der Waals surface area contributed by atoms with Crippen molar-refractivity contribution in [2.45, 2.75) is 25.3 Å². The molecular weight excluding hydrogens is 376 g/mol. The average Bonchev–Trinajstić information content (AvgIpc) is 3.24. The number of likely N-dealkylation sites (tertiary alicyclic amines) is 2. The maximum atomic E-state index is 12.7. The molecule has 2 aliphatic heterocycles. The molecule has 0 spiro atoms. The summed E-state index contributed by atoms with van der Waals surface area (Å²) in [6.07, 6.45) is 1.90. The Kier molecular flexibility index (Phi) is 4.89. The van der Waals surface area contributed by atoms with Gasteiger partial charge in [0.1, 0.15) is 6.04 Å². The van der Waals surface area contributed by atoms with Crippen molar-refractivity contribution in [1.29, 1.82) is 0 Å². The van der Waals surface area contributed by atoms with Gasteiger partial charge in [0.05, 0.1) is 5.92 Å². The highest BCUT2D eigenvalue weighted by Crippen LogP contribution is 2.25. The third-order valence-corrected chi connectivity index (χ3v) is 5.27. The van der Waals surface area contributed by atoms with Gasteiger partial charge in [0, 0.05) is 29.7 Å². The predicted molar refractivity (Wildman–Crippen MR) is 90.5 cm³/mol. The largest absolute Gasteiger partial charge is 0.481 e. The summed E-state index contributed by atoms with van der Waals surface area (Å²) in [6.45, 7) is 1.25. The minimum Gasteiger partial charge on any atom is -0.481 e. The van der Waals surface area contributed by atoms with Crippen LogP contribution < -0.4 is 0 Å². The average molecular weight is 395 g/mol. The standard InChI is InChI=1S/C17H19BrN2O4/c18-13-5-3-11(4-6-13)15(21)20-8-1-2-14(20)16(22)19-9-7-12(10-19)17(23)24/h3-6,12,14H,1-2,7-10H2,(H,23,24). The molecule has 24 heavy (non-hydrogen) atoms. The van der Waals surface area contributed by atoms with E-state index >= 15 is 0 Å². The molecule has 0 radical (unpaired) electrons. The zero-order valence-corrected chi connectivity index (χ0v) is 14.7. The molecule has 2 saturated heterocycles. The van der Waals surface area contributed by atoms with Crippen molar-refractivity contribution in [3.63, 3.8) is 0 Å². The summed E-state index contributed by atoms with van der Waals surface area (Å²) >= 11 is 3.34. The molecule has 1 aromatic rings. The van der Waals surface area contributed by atoms with E-state index in [1.165, 1.54) is 0 Å². The lowest BCUT2D eigenvalue weighted by molar-refractivity contribution is -0.141. The number of rotatable bonds is 3. The number of hydrogen-bond acceptors (Lipinski definition) is 3. The third kappa shape index (κ3) is 3.31. The van der Waals surface area contributed by atoms with E-state index in [2.05, 4.69) is 15.9 Å². The number of carboxylic acid groups (broad SMARTS) is 1. The SMILES string of the molecule is O=C(O)C1CCN(C(=O)C2CCCN2C(=O)c2ccc(Br)cc2)C1. The monoisotopic (exact) mass is 394 g/mol. The maximum Gasteiger partial charge on any atom is 0.308 e. The molecule has 2 amide bonds. The van der Waals surface area contributed by atoms with Crippen LogP contribution in [0.25, 0.3) is 0 Å². The number of carbonyl (C=O) groups is 3. The van der Waals surface area contributed by atoms with Crippen molar-refractivity contribution in [3.05, 3.63) is 34.3 Å². The number of amides is 2. The van der Waals surface area contributed by atoms with E-state index in [0.29, 0.717) is 31.5 Å². The van der Waals surface area contributed by atoms with Crippen molar-refractivity contribution >= 4 is 33.7 Å². The first-order valence-corrected chi connectivity index (χ1v) is 8.85. The molecule has 2 heterocycles. The van der Waals surface area contributed by atoms with Gasteiger partial charge < -0.3 is 14.9 Å². The molecule has 0 bridgehead atoms. The Morgan fingerprint density at radius 3 is 2.42 bits per heavy atom. The van der Waals surface area contributed by atoms with E-state index in [4.69, 9.17) is 5.11 Å². The maximum absolute atomic E-state index is 12.7. The van der Waals surface area contributed by atoms with E-state index in [1.807, 2.05) is 0 Å². The van der Waals surface area contributed by atoms with E-state index in [0.717, 1.165) is 10.9 Å². The molecule has 0 aliphatic carbocycles. The second kappa shape index (κ2) is 6.93. The van der Waals surface area contributed by atoms with Gasteiger partial charge in [-0.1, -0.05) is 15.9 Å². The number of hydrogen-bond donors (Lipinski definition) is 1. The van der Waals surface area contributed by atoms with E-state index in [-0.39, 0.29) is 18.4 Å². The zero-order chi connectivity index (χ0) is 17.3. The van der Waals surface area contributed by atoms with Crippen LogP contribution in [0, 0.1) is 5.92 Å². The first-order chi connectivity index (χ1) is 11.5. The number of carbonyl (C=O) groups excluding carboxylic acids is 2. The van der Waals surface area contributed by atoms with Gasteiger partial charge in [-0.15, -0.1) is 0 Å². The number of carboxylic acids is 1. The fourth-order valence-corrected chi connectivity index (χ4v) is 3.66. The number of benzene rings is 1. The molecule has 128 valence electrons. The highest BCUT2D eigenvalue weighted by Gasteiger charge is 2.40. The van der Waals surface area contributed by atoms with Crippen LogP contribution in [-0.2, 0) is 9.59 Å².